The molecule has 0 saturated carbocycles. The van der Waals surface area contributed by atoms with Crippen LogP contribution in [0.4, 0.5) is 10.5 Å². The minimum atomic E-state index is -0.750. The summed E-state index contributed by atoms with van der Waals surface area (Å²) < 4.78 is 5.81. The molecule has 2 aliphatic heterocycles. The van der Waals surface area contributed by atoms with Gasteiger partial charge in [-0.2, -0.15) is 0 Å². The number of aryl methyl sites for hydroxylation is 1. The highest BCUT2D eigenvalue weighted by atomic mass is 16.6. The van der Waals surface area contributed by atoms with Crippen LogP contribution in [0.25, 0.3) is 0 Å². The van der Waals surface area contributed by atoms with E-state index in [2.05, 4.69) is 5.32 Å². The molecular formula is C29H29N3O4. The number of cyclic esters (lactones) is 1. The third kappa shape index (κ3) is 4.82. The van der Waals surface area contributed by atoms with Crippen molar-refractivity contribution in [1.29, 1.82) is 0 Å². The van der Waals surface area contributed by atoms with E-state index < -0.39 is 18.2 Å². The van der Waals surface area contributed by atoms with Gasteiger partial charge in [0.25, 0.3) is 5.91 Å². The molecule has 2 saturated heterocycles. The van der Waals surface area contributed by atoms with Crippen LogP contribution in [-0.2, 0) is 16.1 Å². The predicted molar refractivity (Wildman–Crippen MR) is 136 cm³/mol. The van der Waals surface area contributed by atoms with E-state index in [9.17, 15) is 14.4 Å². The summed E-state index contributed by atoms with van der Waals surface area (Å²) in [5.41, 5.74) is 3.93. The summed E-state index contributed by atoms with van der Waals surface area (Å²) in [5.74, 6) is -0.291. The van der Waals surface area contributed by atoms with Crippen molar-refractivity contribution in [2.24, 2.45) is 0 Å². The first-order valence-corrected chi connectivity index (χ1v) is 12.3. The Labute approximate surface area is 210 Å². The van der Waals surface area contributed by atoms with Gasteiger partial charge in [-0.1, -0.05) is 54.6 Å². The second kappa shape index (κ2) is 10.2. The average Bonchev–Trinajstić information content (AvgIpc) is 3.55. The van der Waals surface area contributed by atoms with Gasteiger partial charge in [-0.15, -0.1) is 0 Å². The standard InChI is InChI=1S/C29H29N3O4/c1-20-9-5-6-12-23(20)19-32-25(28(34)31-17-7-8-18-31)26(36-29(32)35)21-13-15-24(16-14-21)30-27(33)22-10-3-2-4-11-22/h2-6,9-16,25-26H,7-8,17-19H2,1H3,(H,30,33). The molecule has 2 aliphatic rings. The van der Waals surface area contributed by atoms with Crippen LogP contribution in [-0.4, -0.2) is 46.8 Å². The van der Waals surface area contributed by atoms with E-state index >= 15 is 0 Å². The first kappa shape index (κ1) is 23.6. The van der Waals surface area contributed by atoms with E-state index in [1.807, 2.05) is 54.3 Å². The van der Waals surface area contributed by atoms with Gasteiger partial charge in [0.2, 0.25) is 5.91 Å². The quantitative estimate of drug-likeness (QED) is 0.539. The highest BCUT2D eigenvalue weighted by molar-refractivity contribution is 6.04. The molecule has 2 atom stereocenters. The summed E-state index contributed by atoms with van der Waals surface area (Å²) in [6, 6.07) is 23.2. The minimum absolute atomic E-state index is 0.0848. The predicted octanol–water partition coefficient (Wildman–Crippen LogP) is 4.93. The van der Waals surface area contributed by atoms with Gasteiger partial charge in [0, 0.05) is 24.3 Å². The number of benzene rings is 3. The Morgan fingerprint density at radius 1 is 0.917 bits per heavy atom. The first-order valence-electron chi connectivity index (χ1n) is 12.3. The fourth-order valence-corrected chi connectivity index (χ4v) is 4.84. The Bertz CT molecular complexity index is 1250. The monoisotopic (exact) mass is 483 g/mol. The summed E-state index contributed by atoms with van der Waals surface area (Å²) in [7, 11) is 0. The molecule has 3 aromatic carbocycles. The van der Waals surface area contributed by atoms with E-state index in [0.29, 0.717) is 36.4 Å². The van der Waals surface area contributed by atoms with Crippen LogP contribution in [0.5, 0.6) is 0 Å². The van der Waals surface area contributed by atoms with Crippen LogP contribution in [0.3, 0.4) is 0 Å². The zero-order valence-corrected chi connectivity index (χ0v) is 20.2. The number of carbonyl (C=O) groups is 3. The van der Waals surface area contributed by atoms with Gasteiger partial charge in [-0.25, -0.2) is 4.79 Å². The van der Waals surface area contributed by atoms with Crippen molar-refractivity contribution in [3.8, 4) is 0 Å². The molecule has 184 valence electrons. The van der Waals surface area contributed by atoms with E-state index in [1.165, 1.54) is 0 Å². The molecule has 0 bridgehead atoms. The van der Waals surface area contributed by atoms with Gasteiger partial charge in [0.1, 0.15) is 0 Å². The first-order chi connectivity index (χ1) is 17.5. The maximum atomic E-state index is 13.6. The Hall–Kier alpha value is -4.13. The van der Waals surface area contributed by atoms with Crippen molar-refractivity contribution in [3.05, 3.63) is 101 Å². The molecule has 5 rings (SSSR count). The van der Waals surface area contributed by atoms with Crippen LogP contribution in [0.2, 0.25) is 0 Å². The summed E-state index contributed by atoms with van der Waals surface area (Å²) in [4.78, 5) is 42.6. The van der Waals surface area contributed by atoms with Crippen molar-refractivity contribution in [1.82, 2.24) is 9.80 Å². The Balaban J connectivity index is 1.39. The Morgan fingerprint density at radius 3 is 2.28 bits per heavy atom. The molecule has 0 radical (unpaired) electrons. The lowest BCUT2D eigenvalue weighted by Gasteiger charge is -2.28. The summed E-state index contributed by atoms with van der Waals surface area (Å²) >= 11 is 0. The third-order valence-corrected chi connectivity index (χ3v) is 6.89. The fourth-order valence-electron chi connectivity index (χ4n) is 4.84. The number of rotatable bonds is 6. The highest BCUT2D eigenvalue weighted by Gasteiger charge is 2.48. The van der Waals surface area contributed by atoms with Crippen molar-refractivity contribution < 1.29 is 19.1 Å². The number of hydrogen-bond acceptors (Lipinski definition) is 4. The summed E-state index contributed by atoms with van der Waals surface area (Å²) in [5, 5.41) is 2.88. The van der Waals surface area contributed by atoms with E-state index in [0.717, 1.165) is 24.0 Å². The molecule has 0 aromatic heterocycles. The zero-order valence-electron chi connectivity index (χ0n) is 20.2. The normalized spacial score (nSPS) is 19.3. The molecule has 7 nitrogen and oxygen atoms in total. The van der Waals surface area contributed by atoms with Gasteiger partial charge < -0.3 is 15.0 Å². The molecule has 0 spiro atoms. The number of carbonyl (C=O) groups excluding carboxylic acids is 3. The van der Waals surface area contributed by atoms with Crippen LogP contribution < -0.4 is 5.32 Å². The van der Waals surface area contributed by atoms with Gasteiger partial charge in [-0.05, 0) is 60.7 Å². The van der Waals surface area contributed by atoms with Crippen LogP contribution in [0, 0.1) is 6.92 Å². The highest BCUT2D eigenvalue weighted by Crippen LogP contribution is 2.36. The largest absolute Gasteiger partial charge is 0.438 e. The lowest BCUT2D eigenvalue weighted by Crippen LogP contribution is -2.47. The fraction of sp³-hybridized carbons (Fsp3) is 0.276. The Morgan fingerprint density at radius 2 is 1.58 bits per heavy atom. The van der Waals surface area contributed by atoms with E-state index in [4.69, 9.17) is 4.74 Å². The molecule has 2 unspecified atom stereocenters. The number of ether oxygens (including phenoxy) is 1. The maximum absolute atomic E-state index is 13.6. The number of anilines is 1. The smallest absolute Gasteiger partial charge is 0.411 e. The molecule has 3 amide bonds. The SMILES string of the molecule is Cc1ccccc1CN1C(=O)OC(c2ccc(NC(=O)c3ccccc3)cc2)C1C(=O)N1CCCC1. The molecule has 3 aromatic rings. The van der Waals surface area contributed by atoms with Crippen LogP contribution in [0.15, 0.2) is 78.9 Å². The van der Waals surface area contributed by atoms with Gasteiger partial charge in [0.15, 0.2) is 12.1 Å². The second-order valence-electron chi connectivity index (χ2n) is 9.28. The number of nitrogens with zero attached hydrogens (tertiary/aromatic N) is 2. The summed E-state index contributed by atoms with van der Waals surface area (Å²) in [6.45, 7) is 3.68. The molecule has 0 aliphatic carbocycles. The number of likely N-dealkylation sites (tertiary alicyclic amines) is 1. The maximum Gasteiger partial charge on any atom is 0.411 e. The average molecular weight is 484 g/mol. The molecular weight excluding hydrogens is 454 g/mol. The lowest BCUT2D eigenvalue weighted by atomic mass is 9.99. The minimum Gasteiger partial charge on any atom is -0.438 e. The molecule has 2 fully saturated rings. The van der Waals surface area contributed by atoms with Gasteiger partial charge in [-0.3, -0.25) is 14.5 Å². The van der Waals surface area contributed by atoms with E-state index in [1.54, 1.807) is 41.3 Å². The van der Waals surface area contributed by atoms with Crippen molar-refractivity contribution in [3.63, 3.8) is 0 Å². The molecule has 7 heteroatoms. The van der Waals surface area contributed by atoms with Gasteiger partial charge >= 0.3 is 6.09 Å². The molecule has 1 N–H and O–H groups in total. The van der Waals surface area contributed by atoms with Crippen molar-refractivity contribution in [2.75, 3.05) is 18.4 Å². The zero-order chi connectivity index (χ0) is 25.1. The second-order valence-corrected chi connectivity index (χ2v) is 9.28. The summed E-state index contributed by atoms with van der Waals surface area (Å²) in [6.07, 6.45) is 0.701. The van der Waals surface area contributed by atoms with E-state index in [-0.39, 0.29) is 11.8 Å². The third-order valence-electron chi connectivity index (χ3n) is 6.89. The number of amides is 3. The van der Waals surface area contributed by atoms with Crippen molar-refractivity contribution >= 4 is 23.6 Å². The molecule has 2 heterocycles. The lowest BCUT2D eigenvalue weighted by molar-refractivity contribution is -0.135. The Kier molecular flexibility index (Phi) is 6.71. The number of nitrogens with one attached hydrogen (secondary N) is 1. The topological polar surface area (TPSA) is 79.0 Å². The van der Waals surface area contributed by atoms with Crippen LogP contribution in [0.1, 0.15) is 46.0 Å². The van der Waals surface area contributed by atoms with Crippen LogP contribution >= 0.6 is 0 Å². The van der Waals surface area contributed by atoms with Crippen molar-refractivity contribution in [2.45, 2.75) is 38.5 Å². The van der Waals surface area contributed by atoms with Gasteiger partial charge in [0.05, 0.1) is 6.54 Å². The molecule has 36 heavy (non-hydrogen) atoms. The number of hydrogen-bond donors (Lipinski definition) is 1.